The summed E-state index contributed by atoms with van der Waals surface area (Å²) in [5.74, 6) is -0.600. The van der Waals surface area contributed by atoms with Gasteiger partial charge in [-0.25, -0.2) is 4.79 Å². The van der Waals surface area contributed by atoms with Crippen LogP contribution in [0.25, 0.3) is 0 Å². The van der Waals surface area contributed by atoms with Crippen LogP contribution >= 0.6 is 0 Å². The van der Waals surface area contributed by atoms with E-state index in [1.807, 2.05) is 13.8 Å². The fraction of sp³-hybridized carbons (Fsp3) is 0.600. The lowest BCUT2D eigenvalue weighted by atomic mass is 10.1. The standard InChI is InChI=1S/C10H16N2O4/c1-10(2,15-3)6-11-5-7-4-8(9(13)14)12-16-7/h4,11H,5-6H2,1-3H3,(H,13,14). The summed E-state index contributed by atoms with van der Waals surface area (Å²) in [6.45, 7) is 4.95. The molecule has 6 heteroatoms. The summed E-state index contributed by atoms with van der Waals surface area (Å²) in [7, 11) is 1.64. The molecule has 0 spiro atoms. The molecule has 1 aromatic heterocycles. The summed E-state index contributed by atoms with van der Waals surface area (Å²) in [5.41, 5.74) is -0.349. The molecule has 0 aliphatic carbocycles. The van der Waals surface area contributed by atoms with Crippen molar-refractivity contribution in [3.8, 4) is 0 Å². The number of aromatic carboxylic acids is 1. The van der Waals surface area contributed by atoms with Gasteiger partial charge in [0, 0.05) is 19.7 Å². The Hall–Kier alpha value is -1.40. The average Bonchev–Trinajstić information content (AvgIpc) is 2.66. The van der Waals surface area contributed by atoms with Crippen LogP contribution in [0.5, 0.6) is 0 Å². The Morgan fingerprint density at radius 3 is 2.88 bits per heavy atom. The summed E-state index contributed by atoms with van der Waals surface area (Å²) in [6, 6.07) is 1.40. The van der Waals surface area contributed by atoms with Crippen LogP contribution in [0, 0.1) is 0 Å². The lowest BCUT2D eigenvalue weighted by Gasteiger charge is -2.22. The van der Waals surface area contributed by atoms with Gasteiger partial charge < -0.3 is 19.7 Å². The molecule has 1 rings (SSSR count). The third-order valence-corrected chi connectivity index (χ3v) is 2.18. The molecule has 0 radical (unpaired) electrons. The normalized spacial score (nSPS) is 11.7. The molecule has 90 valence electrons. The first-order chi connectivity index (χ1) is 7.44. The van der Waals surface area contributed by atoms with Crippen molar-refractivity contribution in [3.63, 3.8) is 0 Å². The minimum absolute atomic E-state index is 0.0807. The third-order valence-electron chi connectivity index (χ3n) is 2.18. The van der Waals surface area contributed by atoms with Gasteiger partial charge in [0.15, 0.2) is 11.5 Å². The van der Waals surface area contributed by atoms with E-state index >= 15 is 0 Å². The summed E-state index contributed by atoms with van der Waals surface area (Å²) in [4.78, 5) is 10.5. The van der Waals surface area contributed by atoms with E-state index in [9.17, 15) is 4.79 Å². The maximum atomic E-state index is 10.5. The van der Waals surface area contributed by atoms with Gasteiger partial charge in [0.25, 0.3) is 0 Å². The lowest BCUT2D eigenvalue weighted by Crippen LogP contribution is -2.36. The fourth-order valence-electron chi connectivity index (χ4n) is 1.06. The number of methoxy groups -OCH3 is 1. The number of ether oxygens (including phenoxy) is 1. The van der Waals surface area contributed by atoms with Crippen molar-refractivity contribution in [1.29, 1.82) is 0 Å². The van der Waals surface area contributed by atoms with E-state index in [0.717, 1.165) is 0 Å². The van der Waals surface area contributed by atoms with Crippen molar-refractivity contribution in [2.24, 2.45) is 0 Å². The molecule has 0 atom stereocenters. The minimum atomic E-state index is -1.09. The van der Waals surface area contributed by atoms with E-state index in [2.05, 4.69) is 10.5 Å². The second-order valence-corrected chi connectivity index (χ2v) is 4.05. The van der Waals surface area contributed by atoms with Crippen LogP contribution in [-0.4, -0.2) is 35.5 Å². The predicted molar refractivity (Wildman–Crippen MR) is 56.3 cm³/mol. The largest absolute Gasteiger partial charge is 0.476 e. The molecule has 1 aromatic rings. The number of nitrogens with one attached hydrogen (secondary N) is 1. The van der Waals surface area contributed by atoms with E-state index in [1.54, 1.807) is 7.11 Å². The van der Waals surface area contributed by atoms with E-state index in [-0.39, 0.29) is 11.3 Å². The van der Waals surface area contributed by atoms with Crippen LogP contribution in [0.4, 0.5) is 0 Å². The zero-order valence-corrected chi connectivity index (χ0v) is 9.61. The van der Waals surface area contributed by atoms with Crippen molar-refractivity contribution >= 4 is 5.97 Å². The summed E-state index contributed by atoms with van der Waals surface area (Å²) >= 11 is 0. The van der Waals surface area contributed by atoms with Crippen LogP contribution in [0.1, 0.15) is 30.1 Å². The zero-order valence-electron chi connectivity index (χ0n) is 9.61. The number of nitrogens with zero attached hydrogens (tertiary/aromatic N) is 1. The Balaban J connectivity index is 2.40. The van der Waals surface area contributed by atoms with E-state index in [0.29, 0.717) is 18.8 Å². The quantitative estimate of drug-likeness (QED) is 0.752. The summed E-state index contributed by atoms with van der Waals surface area (Å²) in [5, 5.41) is 15.1. The molecule has 0 unspecified atom stereocenters. The van der Waals surface area contributed by atoms with Gasteiger partial charge in [-0.3, -0.25) is 0 Å². The number of hydrogen-bond donors (Lipinski definition) is 2. The number of rotatable bonds is 6. The van der Waals surface area contributed by atoms with Crippen LogP contribution in [0.3, 0.4) is 0 Å². The number of carboxylic acid groups (broad SMARTS) is 1. The molecule has 0 aliphatic rings. The summed E-state index contributed by atoms with van der Waals surface area (Å²) in [6.07, 6.45) is 0. The molecule has 0 amide bonds. The first-order valence-corrected chi connectivity index (χ1v) is 4.89. The lowest BCUT2D eigenvalue weighted by molar-refractivity contribution is 0.0227. The van der Waals surface area contributed by atoms with Gasteiger partial charge in [-0.1, -0.05) is 5.16 Å². The highest BCUT2D eigenvalue weighted by Gasteiger charge is 2.16. The van der Waals surface area contributed by atoms with Crippen molar-refractivity contribution in [3.05, 3.63) is 17.5 Å². The number of carbonyl (C=O) groups is 1. The Morgan fingerprint density at radius 2 is 2.38 bits per heavy atom. The van der Waals surface area contributed by atoms with Crippen molar-refractivity contribution in [1.82, 2.24) is 10.5 Å². The molecule has 2 N–H and O–H groups in total. The number of carboxylic acids is 1. The maximum Gasteiger partial charge on any atom is 0.358 e. The number of aromatic nitrogens is 1. The van der Waals surface area contributed by atoms with Gasteiger partial charge in [0.2, 0.25) is 0 Å². The van der Waals surface area contributed by atoms with Crippen LogP contribution in [-0.2, 0) is 11.3 Å². The van der Waals surface area contributed by atoms with Gasteiger partial charge in [0.05, 0.1) is 12.1 Å². The third kappa shape index (κ3) is 3.63. The molecule has 0 aromatic carbocycles. The maximum absolute atomic E-state index is 10.5. The van der Waals surface area contributed by atoms with Crippen LogP contribution < -0.4 is 5.32 Å². The molecule has 6 nitrogen and oxygen atoms in total. The Labute approximate surface area is 93.6 Å². The molecule has 1 heterocycles. The predicted octanol–water partition coefficient (Wildman–Crippen LogP) is 0.887. The van der Waals surface area contributed by atoms with E-state index in [1.165, 1.54) is 6.07 Å². The molecule has 0 saturated carbocycles. The molecule has 16 heavy (non-hydrogen) atoms. The fourth-order valence-corrected chi connectivity index (χ4v) is 1.06. The summed E-state index contributed by atoms with van der Waals surface area (Å²) < 4.78 is 10.1. The second-order valence-electron chi connectivity index (χ2n) is 4.05. The highest BCUT2D eigenvalue weighted by atomic mass is 16.5. The van der Waals surface area contributed by atoms with Gasteiger partial charge >= 0.3 is 5.97 Å². The molecule has 0 saturated heterocycles. The van der Waals surface area contributed by atoms with Crippen molar-refractivity contribution < 1.29 is 19.2 Å². The first-order valence-electron chi connectivity index (χ1n) is 4.89. The van der Waals surface area contributed by atoms with Crippen LogP contribution in [0.15, 0.2) is 10.6 Å². The van der Waals surface area contributed by atoms with Crippen LogP contribution in [0.2, 0.25) is 0 Å². The number of hydrogen-bond acceptors (Lipinski definition) is 5. The van der Waals surface area contributed by atoms with Crippen molar-refractivity contribution in [2.75, 3.05) is 13.7 Å². The van der Waals surface area contributed by atoms with E-state index < -0.39 is 5.97 Å². The minimum Gasteiger partial charge on any atom is -0.476 e. The highest BCUT2D eigenvalue weighted by Crippen LogP contribution is 2.07. The van der Waals surface area contributed by atoms with Gasteiger partial charge in [-0.15, -0.1) is 0 Å². The van der Waals surface area contributed by atoms with Gasteiger partial charge in [-0.05, 0) is 13.8 Å². The van der Waals surface area contributed by atoms with Gasteiger partial charge in [-0.2, -0.15) is 0 Å². The van der Waals surface area contributed by atoms with Crippen molar-refractivity contribution in [2.45, 2.75) is 26.0 Å². The molecule has 0 bridgehead atoms. The Kier molecular flexibility index (Phi) is 4.03. The Bertz CT molecular complexity index is 359. The van der Waals surface area contributed by atoms with Gasteiger partial charge in [0.1, 0.15) is 0 Å². The average molecular weight is 228 g/mol. The Morgan fingerprint density at radius 1 is 1.69 bits per heavy atom. The van der Waals surface area contributed by atoms with E-state index in [4.69, 9.17) is 14.4 Å². The molecule has 0 fully saturated rings. The zero-order chi connectivity index (χ0) is 12.2. The molecular weight excluding hydrogens is 212 g/mol. The molecular formula is C10H16N2O4. The second kappa shape index (κ2) is 5.09. The SMILES string of the molecule is COC(C)(C)CNCc1cc(C(=O)O)no1. The topological polar surface area (TPSA) is 84.6 Å². The highest BCUT2D eigenvalue weighted by molar-refractivity contribution is 5.85. The molecule has 0 aliphatic heterocycles. The smallest absolute Gasteiger partial charge is 0.358 e. The first kappa shape index (κ1) is 12.7. The monoisotopic (exact) mass is 228 g/mol.